The summed E-state index contributed by atoms with van der Waals surface area (Å²) in [6.07, 6.45) is 4.81. The fraction of sp³-hybridized carbons (Fsp3) is 0.533. The molecule has 0 spiro atoms. The van der Waals surface area contributed by atoms with Crippen LogP contribution in [0.15, 0.2) is 27.4 Å². The number of hydrogen-bond acceptors (Lipinski definition) is 2. The van der Waals surface area contributed by atoms with Crippen LogP contribution in [0.3, 0.4) is 0 Å². The Hall–Kier alpha value is -1.03. The minimum atomic E-state index is -0.272. The van der Waals surface area contributed by atoms with Crippen LogP contribution in [0.1, 0.15) is 49.9 Å². The predicted octanol–water partition coefficient (Wildman–Crippen LogP) is 4.63. The highest BCUT2D eigenvalue weighted by Gasteiger charge is 2.12. The molecule has 0 aliphatic rings. The Labute approximate surface area is 121 Å². The van der Waals surface area contributed by atoms with Crippen LogP contribution in [-0.2, 0) is 6.54 Å². The van der Waals surface area contributed by atoms with E-state index in [4.69, 9.17) is 4.42 Å². The maximum absolute atomic E-state index is 11.6. The molecule has 1 aromatic carbocycles. The van der Waals surface area contributed by atoms with Crippen molar-refractivity contribution in [2.45, 2.75) is 50.9 Å². The molecule has 0 fully saturated rings. The average Bonchev–Trinajstić information content (AvgIpc) is 2.73. The van der Waals surface area contributed by atoms with Gasteiger partial charge in [-0.15, -0.1) is 0 Å². The summed E-state index contributed by atoms with van der Waals surface area (Å²) in [7, 11) is 0. The second kappa shape index (κ2) is 6.42. The number of alkyl halides is 1. The maximum atomic E-state index is 11.6. The number of aryl methyl sites for hydroxylation is 1. The fourth-order valence-corrected chi connectivity index (χ4v) is 2.93. The van der Waals surface area contributed by atoms with Crippen molar-refractivity contribution in [2.75, 3.05) is 0 Å². The smallest absolute Gasteiger partial charge is 0.408 e. The molecule has 3 nitrogen and oxygen atoms in total. The summed E-state index contributed by atoms with van der Waals surface area (Å²) in [6.45, 7) is 4.79. The summed E-state index contributed by atoms with van der Waals surface area (Å²) >= 11 is 3.72. The lowest BCUT2D eigenvalue weighted by molar-refractivity contribution is 0.513. The molecule has 0 N–H and O–H groups in total. The molecule has 2 rings (SSSR count). The van der Waals surface area contributed by atoms with E-state index in [9.17, 15) is 4.79 Å². The van der Waals surface area contributed by atoms with Crippen molar-refractivity contribution in [1.82, 2.24) is 4.57 Å². The van der Waals surface area contributed by atoms with Crippen molar-refractivity contribution in [3.05, 3.63) is 34.3 Å². The van der Waals surface area contributed by atoms with E-state index in [0.717, 1.165) is 11.9 Å². The second-order valence-corrected chi connectivity index (χ2v) is 5.91. The Morgan fingerprint density at radius 3 is 2.79 bits per heavy atom. The number of aromatic nitrogens is 1. The van der Waals surface area contributed by atoms with E-state index in [-0.39, 0.29) is 5.76 Å². The van der Waals surface area contributed by atoms with Crippen molar-refractivity contribution in [3.63, 3.8) is 0 Å². The molecule has 0 saturated carbocycles. The lowest BCUT2D eigenvalue weighted by Gasteiger charge is -2.09. The monoisotopic (exact) mass is 325 g/mol. The number of hydrogen-bond donors (Lipinski definition) is 0. The van der Waals surface area contributed by atoms with Gasteiger partial charge in [0.1, 0.15) is 0 Å². The predicted molar refractivity (Wildman–Crippen MR) is 82.0 cm³/mol. The van der Waals surface area contributed by atoms with E-state index in [0.29, 0.717) is 17.0 Å². The number of nitrogens with zero attached hydrogens (tertiary/aromatic N) is 1. The summed E-state index contributed by atoms with van der Waals surface area (Å²) in [5.74, 6) is -0.272. The zero-order valence-corrected chi connectivity index (χ0v) is 13.1. The van der Waals surface area contributed by atoms with Crippen molar-refractivity contribution >= 4 is 27.0 Å². The van der Waals surface area contributed by atoms with Gasteiger partial charge >= 0.3 is 5.76 Å². The largest absolute Gasteiger partial charge is 0.419 e. The molecular weight excluding hydrogens is 306 g/mol. The summed E-state index contributed by atoms with van der Waals surface area (Å²) in [5.41, 5.74) is 2.74. The highest BCUT2D eigenvalue weighted by atomic mass is 79.9. The molecule has 0 saturated heterocycles. The van der Waals surface area contributed by atoms with Crippen LogP contribution in [-0.4, -0.2) is 4.57 Å². The van der Waals surface area contributed by atoms with Crippen LogP contribution in [0, 0.1) is 0 Å². The van der Waals surface area contributed by atoms with Crippen LogP contribution in [0.2, 0.25) is 0 Å². The average molecular weight is 326 g/mol. The summed E-state index contributed by atoms with van der Waals surface area (Å²) in [5, 5.41) is 0. The first-order valence-electron chi connectivity index (χ1n) is 6.94. The quantitative estimate of drug-likeness (QED) is 0.573. The third kappa shape index (κ3) is 3.11. The molecule has 0 bridgehead atoms. The summed E-state index contributed by atoms with van der Waals surface area (Å²) < 4.78 is 6.95. The van der Waals surface area contributed by atoms with Gasteiger partial charge in [-0.05, 0) is 31.0 Å². The molecule has 0 aliphatic carbocycles. The van der Waals surface area contributed by atoms with E-state index in [1.165, 1.54) is 24.8 Å². The Balaban J connectivity index is 2.24. The molecule has 1 aromatic heterocycles. The normalized spacial score (nSPS) is 13.0. The van der Waals surface area contributed by atoms with Crippen molar-refractivity contribution < 1.29 is 4.42 Å². The topological polar surface area (TPSA) is 35.1 Å². The Morgan fingerprint density at radius 2 is 2.11 bits per heavy atom. The molecule has 2 aromatic rings. The third-order valence-electron chi connectivity index (χ3n) is 3.43. The molecule has 19 heavy (non-hydrogen) atoms. The number of benzene rings is 1. The van der Waals surface area contributed by atoms with Gasteiger partial charge < -0.3 is 4.42 Å². The summed E-state index contributed by atoms with van der Waals surface area (Å²) in [6, 6.07) is 6.04. The zero-order valence-electron chi connectivity index (χ0n) is 11.5. The highest BCUT2D eigenvalue weighted by Crippen LogP contribution is 2.30. The number of fused-ring (bicyclic) bond motifs is 1. The SMILES string of the molecule is CCCCCC(Br)c1ccc2c(c1)oc(=O)n2CC. The van der Waals surface area contributed by atoms with Gasteiger partial charge in [0.2, 0.25) is 0 Å². The number of unbranched alkanes of at least 4 members (excludes halogenated alkanes) is 2. The minimum absolute atomic E-state index is 0.272. The fourth-order valence-electron chi connectivity index (χ4n) is 2.32. The third-order valence-corrected chi connectivity index (χ3v) is 4.42. The Kier molecular flexibility index (Phi) is 4.86. The van der Waals surface area contributed by atoms with Gasteiger partial charge in [0.15, 0.2) is 5.58 Å². The van der Waals surface area contributed by atoms with Gasteiger partial charge in [0, 0.05) is 11.4 Å². The van der Waals surface area contributed by atoms with Crippen molar-refractivity contribution in [1.29, 1.82) is 0 Å². The minimum Gasteiger partial charge on any atom is -0.408 e. The molecule has 0 aliphatic heterocycles. The molecule has 0 amide bonds. The molecule has 1 unspecified atom stereocenters. The highest BCUT2D eigenvalue weighted by molar-refractivity contribution is 9.09. The van der Waals surface area contributed by atoms with Gasteiger partial charge in [-0.2, -0.15) is 0 Å². The molecule has 1 heterocycles. The first-order chi connectivity index (χ1) is 9.17. The second-order valence-electron chi connectivity index (χ2n) is 4.80. The van der Waals surface area contributed by atoms with E-state index in [1.54, 1.807) is 4.57 Å². The molecule has 0 radical (unpaired) electrons. The lowest BCUT2D eigenvalue weighted by Crippen LogP contribution is -2.11. The number of oxazole rings is 1. The van der Waals surface area contributed by atoms with E-state index in [1.807, 2.05) is 19.1 Å². The van der Waals surface area contributed by atoms with Crippen LogP contribution in [0.4, 0.5) is 0 Å². The molecule has 104 valence electrons. The van der Waals surface area contributed by atoms with E-state index < -0.39 is 0 Å². The Morgan fingerprint density at radius 1 is 1.32 bits per heavy atom. The van der Waals surface area contributed by atoms with E-state index >= 15 is 0 Å². The van der Waals surface area contributed by atoms with Gasteiger partial charge in [0.25, 0.3) is 0 Å². The Bertz CT molecular complexity index is 600. The van der Waals surface area contributed by atoms with Crippen LogP contribution in [0.5, 0.6) is 0 Å². The zero-order chi connectivity index (χ0) is 13.8. The van der Waals surface area contributed by atoms with Crippen molar-refractivity contribution in [3.8, 4) is 0 Å². The maximum Gasteiger partial charge on any atom is 0.419 e. The van der Waals surface area contributed by atoms with Gasteiger partial charge in [-0.25, -0.2) is 4.79 Å². The standard InChI is InChI=1S/C15H20BrNO2/c1-3-5-6-7-12(16)11-8-9-13-14(10-11)19-15(18)17(13)4-2/h8-10,12H,3-7H2,1-2H3. The van der Waals surface area contributed by atoms with Crippen LogP contribution in [0.25, 0.3) is 11.1 Å². The molecular formula is C15H20BrNO2. The van der Waals surface area contributed by atoms with Crippen LogP contribution >= 0.6 is 15.9 Å². The molecule has 4 heteroatoms. The van der Waals surface area contributed by atoms with E-state index in [2.05, 4.69) is 28.9 Å². The number of halogens is 1. The van der Waals surface area contributed by atoms with Gasteiger partial charge in [-0.1, -0.05) is 48.2 Å². The van der Waals surface area contributed by atoms with Crippen molar-refractivity contribution in [2.24, 2.45) is 0 Å². The lowest BCUT2D eigenvalue weighted by atomic mass is 10.1. The number of rotatable bonds is 6. The van der Waals surface area contributed by atoms with Gasteiger partial charge in [0.05, 0.1) is 5.52 Å². The summed E-state index contributed by atoms with van der Waals surface area (Å²) in [4.78, 5) is 12.0. The first-order valence-corrected chi connectivity index (χ1v) is 7.86. The van der Waals surface area contributed by atoms with Crippen LogP contribution < -0.4 is 5.76 Å². The molecule has 1 atom stereocenters. The van der Waals surface area contributed by atoms with Gasteiger partial charge in [-0.3, -0.25) is 4.57 Å². The first kappa shape index (κ1) is 14.4.